The van der Waals surface area contributed by atoms with Crippen LogP contribution in [0.2, 0.25) is 5.02 Å². The van der Waals surface area contributed by atoms with Crippen LogP contribution >= 0.6 is 11.6 Å². The minimum absolute atomic E-state index is 0.0598. The molecular weight excluding hydrogens is 392 g/mol. The van der Waals surface area contributed by atoms with Crippen LogP contribution in [0.1, 0.15) is 37.6 Å². The average molecular weight is 408 g/mol. The lowest BCUT2D eigenvalue weighted by atomic mass is 10.0. The number of halogens is 3. The molecule has 0 amide bonds. The van der Waals surface area contributed by atoms with Crippen LogP contribution in [0.5, 0.6) is 5.75 Å². The van der Waals surface area contributed by atoms with Crippen molar-refractivity contribution in [1.29, 1.82) is 0 Å². The lowest BCUT2D eigenvalue weighted by Gasteiger charge is -2.20. The van der Waals surface area contributed by atoms with E-state index in [4.69, 9.17) is 20.8 Å². The topological polar surface area (TPSA) is 86.0 Å². The molecule has 1 saturated carbocycles. The van der Waals surface area contributed by atoms with Crippen molar-refractivity contribution < 1.29 is 17.9 Å². The quantitative estimate of drug-likeness (QED) is 0.611. The van der Waals surface area contributed by atoms with Crippen molar-refractivity contribution in [3.63, 3.8) is 0 Å². The Balaban J connectivity index is 1.54. The maximum absolute atomic E-state index is 12.6. The fraction of sp³-hybridized carbons (Fsp3) is 0.333. The van der Waals surface area contributed by atoms with Gasteiger partial charge in [0, 0.05) is 12.4 Å². The first-order valence-electron chi connectivity index (χ1n) is 8.66. The molecule has 1 aromatic carbocycles. The van der Waals surface area contributed by atoms with E-state index in [1.54, 1.807) is 0 Å². The summed E-state index contributed by atoms with van der Waals surface area (Å²) in [6.45, 7) is 2.42. The zero-order valence-corrected chi connectivity index (χ0v) is 15.6. The first kappa shape index (κ1) is 18.5. The Morgan fingerprint density at radius 2 is 2.00 bits per heavy atom. The van der Waals surface area contributed by atoms with Gasteiger partial charge in [-0.2, -0.15) is 8.78 Å². The fourth-order valence-corrected chi connectivity index (χ4v) is 3.25. The molecule has 3 aromatic rings. The molecule has 1 fully saturated rings. The van der Waals surface area contributed by atoms with E-state index in [2.05, 4.69) is 25.5 Å². The monoisotopic (exact) mass is 407 g/mol. The van der Waals surface area contributed by atoms with Crippen molar-refractivity contribution in [2.45, 2.75) is 31.7 Å². The largest absolute Gasteiger partial charge is 0.492 e. The number of nitrogens with zero attached hydrogens (tertiary/aromatic N) is 4. The van der Waals surface area contributed by atoms with Gasteiger partial charge in [0.05, 0.1) is 22.7 Å². The number of benzene rings is 1. The Morgan fingerprint density at radius 1 is 1.25 bits per heavy atom. The van der Waals surface area contributed by atoms with Crippen LogP contribution in [-0.2, 0) is 5.54 Å². The van der Waals surface area contributed by atoms with Gasteiger partial charge in [-0.15, -0.1) is 10.2 Å². The van der Waals surface area contributed by atoms with Gasteiger partial charge in [-0.25, -0.2) is 9.97 Å². The van der Waals surface area contributed by atoms with Gasteiger partial charge in [0.25, 0.3) is 11.8 Å². The molecule has 0 spiro atoms. The SMILES string of the molecule is CCOc1cccc(C2(Nc3ncc(-c4nnc(C(F)F)o4)cn3)CC2)c1Cl. The number of hydrogen-bond acceptors (Lipinski definition) is 7. The van der Waals surface area contributed by atoms with Crippen LogP contribution < -0.4 is 10.1 Å². The smallest absolute Gasteiger partial charge is 0.314 e. The molecule has 1 N–H and O–H groups in total. The van der Waals surface area contributed by atoms with Gasteiger partial charge in [-0.3, -0.25) is 0 Å². The molecule has 28 heavy (non-hydrogen) atoms. The highest BCUT2D eigenvalue weighted by molar-refractivity contribution is 6.33. The number of rotatable bonds is 7. The lowest BCUT2D eigenvalue weighted by Crippen LogP contribution is -2.21. The van der Waals surface area contributed by atoms with E-state index in [0.29, 0.717) is 28.9 Å². The maximum atomic E-state index is 12.6. The zero-order valence-electron chi connectivity index (χ0n) is 14.8. The van der Waals surface area contributed by atoms with Crippen molar-refractivity contribution in [2.75, 3.05) is 11.9 Å². The Hall–Kier alpha value is -2.81. The summed E-state index contributed by atoms with van der Waals surface area (Å²) in [5.74, 6) is 0.221. The number of ether oxygens (including phenoxy) is 1. The molecule has 2 aromatic heterocycles. The number of nitrogens with one attached hydrogen (secondary N) is 1. The normalized spacial score (nSPS) is 14.9. The predicted octanol–water partition coefficient (Wildman–Crippen LogP) is 4.62. The molecule has 146 valence electrons. The molecule has 0 saturated heterocycles. The van der Waals surface area contributed by atoms with Crippen LogP contribution in [0.15, 0.2) is 35.0 Å². The molecular formula is C18H16ClF2N5O2. The summed E-state index contributed by atoms with van der Waals surface area (Å²) in [6.07, 6.45) is 1.79. The van der Waals surface area contributed by atoms with E-state index in [1.807, 2.05) is 25.1 Å². The molecule has 0 aliphatic heterocycles. The molecule has 1 aliphatic carbocycles. The molecule has 0 radical (unpaired) electrons. The van der Waals surface area contributed by atoms with Crippen molar-refractivity contribution in [1.82, 2.24) is 20.2 Å². The molecule has 1 aliphatic rings. The van der Waals surface area contributed by atoms with Crippen molar-refractivity contribution >= 4 is 17.5 Å². The van der Waals surface area contributed by atoms with Crippen LogP contribution in [0, 0.1) is 0 Å². The average Bonchev–Trinajstić information content (AvgIpc) is 3.28. The highest BCUT2D eigenvalue weighted by Crippen LogP contribution is 2.51. The van der Waals surface area contributed by atoms with E-state index in [1.165, 1.54) is 12.4 Å². The van der Waals surface area contributed by atoms with E-state index >= 15 is 0 Å². The Labute approximate surface area is 164 Å². The third kappa shape index (κ3) is 3.49. The van der Waals surface area contributed by atoms with E-state index < -0.39 is 12.3 Å². The molecule has 0 unspecified atom stereocenters. The van der Waals surface area contributed by atoms with Crippen LogP contribution in [0.25, 0.3) is 11.5 Å². The van der Waals surface area contributed by atoms with Gasteiger partial charge in [0.2, 0.25) is 5.95 Å². The summed E-state index contributed by atoms with van der Waals surface area (Å²) in [6, 6.07) is 5.67. The van der Waals surface area contributed by atoms with Crippen LogP contribution in [0.3, 0.4) is 0 Å². The summed E-state index contributed by atoms with van der Waals surface area (Å²) in [4.78, 5) is 8.47. The minimum Gasteiger partial charge on any atom is -0.492 e. The molecule has 10 heteroatoms. The molecule has 0 bridgehead atoms. The Kier molecular flexibility index (Phi) is 4.84. The summed E-state index contributed by atoms with van der Waals surface area (Å²) < 4.78 is 35.6. The summed E-state index contributed by atoms with van der Waals surface area (Å²) >= 11 is 6.52. The minimum atomic E-state index is -2.82. The fourth-order valence-electron chi connectivity index (χ4n) is 2.89. The molecule has 0 atom stereocenters. The van der Waals surface area contributed by atoms with Crippen molar-refractivity contribution in [2.24, 2.45) is 0 Å². The molecule has 7 nitrogen and oxygen atoms in total. The molecule has 2 heterocycles. The lowest BCUT2D eigenvalue weighted by molar-refractivity contribution is 0.116. The summed E-state index contributed by atoms with van der Waals surface area (Å²) in [7, 11) is 0. The number of hydrogen-bond donors (Lipinski definition) is 1. The number of aromatic nitrogens is 4. The second-order valence-corrected chi connectivity index (χ2v) is 6.68. The van der Waals surface area contributed by atoms with Gasteiger partial charge in [-0.05, 0) is 31.4 Å². The molecule has 4 rings (SSSR count). The number of anilines is 1. The first-order valence-corrected chi connectivity index (χ1v) is 9.04. The highest BCUT2D eigenvalue weighted by Gasteiger charge is 2.46. The first-order chi connectivity index (χ1) is 13.5. The maximum Gasteiger partial charge on any atom is 0.314 e. The van der Waals surface area contributed by atoms with E-state index in [9.17, 15) is 8.78 Å². The second-order valence-electron chi connectivity index (χ2n) is 6.30. The van der Waals surface area contributed by atoms with Gasteiger partial charge in [0.1, 0.15) is 5.75 Å². The second kappa shape index (κ2) is 7.31. The summed E-state index contributed by atoms with van der Waals surface area (Å²) in [5, 5.41) is 10.7. The van der Waals surface area contributed by atoms with E-state index in [0.717, 1.165) is 18.4 Å². The third-order valence-corrected chi connectivity index (χ3v) is 4.80. The standard InChI is InChI=1S/C18H16ClF2N5O2/c1-2-27-12-5-3-4-11(13(12)19)18(6-7-18)24-17-22-8-10(9-23-17)15-25-26-16(28-15)14(20)21/h3-5,8-9,14H,2,6-7H2,1H3,(H,22,23,24). The van der Waals surface area contributed by atoms with E-state index in [-0.39, 0.29) is 11.4 Å². The highest BCUT2D eigenvalue weighted by atomic mass is 35.5. The summed E-state index contributed by atoms with van der Waals surface area (Å²) in [5.41, 5.74) is 0.913. The Bertz CT molecular complexity index is 976. The van der Waals surface area contributed by atoms with Crippen LogP contribution in [-0.4, -0.2) is 26.8 Å². The van der Waals surface area contributed by atoms with Crippen molar-refractivity contribution in [3.8, 4) is 17.2 Å². The van der Waals surface area contributed by atoms with Gasteiger partial charge < -0.3 is 14.5 Å². The number of alkyl halides is 2. The zero-order chi connectivity index (χ0) is 19.7. The van der Waals surface area contributed by atoms with Gasteiger partial charge in [0.15, 0.2) is 0 Å². The third-order valence-electron chi connectivity index (χ3n) is 4.41. The van der Waals surface area contributed by atoms with Gasteiger partial charge >= 0.3 is 6.43 Å². The van der Waals surface area contributed by atoms with Crippen molar-refractivity contribution in [3.05, 3.63) is 47.1 Å². The van der Waals surface area contributed by atoms with Gasteiger partial charge in [-0.1, -0.05) is 23.7 Å². The predicted molar refractivity (Wildman–Crippen MR) is 97.4 cm³/mol. The van der Waals surface area contributed by atoms with Crippen LogP contribution in [0.4, 0.5) is 14.7 Å². The Morgan fingerprint density at radius 3 is 2.61 bits per heavy atom.